The van der Waals surface area contributed by atoms with Gasteiger partial charge in [0.25, 0.3) is 5.56 Å². The van der Waals surface area contributed by atoms with Crippen LogP contribution in [-0.4, -0.2) is 57.9 Å². The van der Waals surface area contributed by atoms with Crippen LogP contribution in [0.15, 0.2) is 58.9 Å². The lowest BCUT2D eigenvalue weighted by Crippen LogP contribution is -2.42. The Labute approximate surface area is 237 Å². The van der Waals surface area contributed by atoms with Crippen molar-refractivity contribution in [1.82, 2.24) is 4.57 Å². The maximum absolute atomic E-state index is 13.7. The van der Waals surface area contributed by atoms with Gasteiger partial charge in [0.2, 0.25) is 0 Å². The first-order valence-corrected chi connectivity index (χ1v) is 13.8. The average Bonchev–Trinajstić information content (AvgIpc) is 3.24. The van der Waals surface area contributed by atoms with Crippen molar-refractivity contribution < 1.29 is 19.1 Å². The van der Waals surface area contributed by atoms with E-state index >= 15 is 0 Å². The molecule has 1 unspecified atom stereocenters. The number of hydrogen-bond acceptors (Lipinski definition) is 9. The van der Waals surface area contributed by atoms with E-state index in [0.717, 1.165) is 28.3 Å². The minimum Gasteiger partial charge on any atom is -0.463 e. The molecule has 1 aliphatic rings. The maximum Gasteiger partial charge on any atom is 0.338 e. The molecule has 1 atom stereocenters. The van der Waals surface area contributed by atoms with Crippen LogP contribution >= 0.6 is 11.3 Å². The van der Waals surface area contributed by atoms with Gasteiger partial charge in [0, 0.05) is 39.6 Å². The van der Waals surface area contributed by atoms with E-state index in [1.165, 1.54) is 4.57 Å². The Kier molecular flexibility index (Phi) is 8.49. The van der Waals surface area contributed by atoms with Crippen LogP contribution in [0.5, 0.6) is 0 Å². The summed E-state index contributed by atoms with van der Waals surface area (Å²) in [5.41, 5.74) is 9.76. The van der Waals surface area contributed by atoms with Gasteiger partial charge in [-0.25, -0.2) is 9.59 Å². The van der Waals surface area contributed by atoms with E-state index in [9.17, 15) is 14.4 Å². The van der Waals surface area contributed by atoms with Crippen LogP contribution in [0.25, 0.3) is 17.5 Å². The standard InChI is InChI=1S/C30H34N4O5S/c1-7-38-29(36)24-23(19-11-15-21(16-12-19)33(5)6)25(30(37)39-8-2)28-34(26(24)31)27(35)22(40-28)17-18-9-13-20(14-10-18)32(3)4/h9-17,23H,7-8,31H2,1-6H3/b22-17+. The molecule has 0 bridgehead atoms. The Hall–Kier alpha value is -4.31. The molecule has 10 heteroatoms. The quantitative estimate of drug-likeness (QED) is 0.416. The van der Waals surface area contributed by atoms with Gasteiger partial charge in [-0.1, -0.05) is 24.3 Å². The summed E-state index contributed by atoms with van der Waals surface area (Å²) in [5.74, 6) is -2.28. The lowest BCUT2D eigenvalue weighted by molar-refractivity contribution is -0.138. The molecule has 0 radical (unpaired) electrons. The van der Waals surface area contributed by atoms with Crippen molar-refractivity contribution in [2.45, 2.75) is 19.8 Å². The predicted octanol–water partition coefficient (Wildman–Crippen LogP) is 2.07. The number of rotatable bonds is 8. The van der Waals surface area contributed by atoms with Gasteiger partial charge in [-0.2, -0.15) is 0 Å². The molecule has 2 aromatic carbocycles. The molecule has 40 heavy (non-hydrogen) atoms. The lowest BCUT2D eigenvalue weighted by atomic mass is 9.83. The van der Waals surface area contributed by atoms with Crippen molar-refractivity contribution in [3.05, 3.63) is 84.8 Å². The first kappa shape index (κ1) is 28.7. The molecule has 0 fully saturated rings. The van der Waals surface area contributed by atoms with Gasteiger partial charge < -0.3 is 25.0 Å². The van der Waals surface area contributed by atoms with Crippen LogP contribution < -0.4 is 30.3 Å². The smallest absolute Gasteiger partial charge is 0.338 e. The number of ether oxygens (including phenoxy) is 2. The molecule has 1 aromatic heterocycles. The highest BCUT2D eigenvalue weighted by Crippen LogP contribution is 2.38. The van der Waals surface area contributed by atoms with Gasteiger partial charge in [0.05, 0.1) is 34.8 Å². The number of carbonyl (C=O) groups is 2. The summed E-state index contributed by atoms with van der Waals surface area (Å²) in [7, 11) is 7.74. The van der Waals surface area contributed by atoms with Gasteiger partial charge in [-0.15, -0.1) is 11.3 Å². The van der Waals surface area contributed by atoms with Crippen LogP contribution in [0.3, 0.4) is 0 Å². The summed E-state index contributed by atoms with van der Waals surface area (Å²) in [6.45, 7) is 3.61. The highest BCUT2D eigenvalue weighted by molar-refractivity contribution is 7.07. The second-order valence-corrected chi connectivity index (χ2v) is 10.6. The third-order valence-corrected chi connectivity index (χ3v) is 7.70. The molecule has 0 saturated heterocycles. The van der Waals surface area contributed by atoms with E-state index in [4.69, 9.17) is 15.2 Å². The first-order valence-electron chi connectivity index (χ1n) is 13.0. The molecule has 0 spiro atoms. The zero-order valence-corrected chi connectivity index (χ0v) is 24.4. The summed E-state index contributed by atoms with van der Waals surface area (Å²) < 4.78 is 12.7. The summed E-state index contributed by atoms with van der Waals surface area (Å²) in [4.78, 5) is 44.5. The molecule has 2 heterocycles. The molecule has 9 nitrogen and oxygen atoms in total. The monoisotopic (exact) mass is 562 g/mol. The number of thiazole rings is 1. The third-order valence-electron chi connectivity index (χ3n) is 6.59. The number of esters is 2. The van der Waals surface area contributed by atoms with Crippen molar-refractivity contribution in [1.29, 1.82) is 0 Å². The molecule has 0 amide bonds. The molecule has 2 N–H and O–H groups in total. The van der Waals surface area contributed by atoms with Gasteiger partial charge in [-0.05, 0) is 55.3 Å². The topological polar surface area (TPSA) is 107 Å². The van der Waals surface area contributed by atoms with E-state index in [-0.39, 0.29) is 30.2 Å². The molecular weight excluding hydrogens is 528 g/mol. The maximum atomic E-state index is 13.7. The number of hydrogen-bond donors (Lipinski definition) is 1. The normalized spacial score (nSPS) is 15.1. The lowest BCUT2D eigenvalue weighted by Gasteiger charge is -2.27. The zero-order chi connectivity index (χ0) is 29.1. The Balaban J connectivity index is 2.04. The summed E-state index contributed by atoms with van der Waals surface area (Å²) in [5, 5.41) is 0. The third kappa shape index (κ3) is 5.40. The van der Waals surface area contributed by atoms with Crippen molar-refractivity contribution in [2.24, 2.45) is 5.73 Å². The van der Waals surface area contributed by atoms with E-state index in [2.05, 4.69) is 0 Å². The number of anilines is 2. The second-order valence-electron chi connectivity index (χ2n) is 9.61. The number of benzene rings is 2. The molecule has 0 aliphatic carbocycles. The van der Waals surface area contributed by atoms with Crippen molar-refractivity contribution in [3.63, 3.8) is 0 Å². The largest absolute Gasteiger partial charge is 0.463 e. The van der Waals surface area contributed by atoms with Gasteiger partial charge in [0.15, 0.2) is 0 Å². The molecule has 210 valence electrons. The van der Waals surface area contributed by atoms with Crippen molar-refractivity contribution >= 4 is 52.1 Å². The van der Waals surface area contributed by atoms with Gasteiger partial charge >= 0.3 is 11.9 Å². The number of fused-ring (bicyclic) bond motifs is 1. The zero-order valence-electron chi connectivity index (χ0n) is 23.6. The number of aromatic nitrogens is 1. The number of carbonyl (C=O) groups excluding carboxylic acids is 2. The minimum atomic E-state index is -0.889. The van der Waals surface area contributed by atoms with Crippen LogP contribution in [0.4, 0.5) is 11.4 Å². The van der Waals surface area contributed by atoms with E-state index < -0.39 is 23.4 Å². The van der Waals surface area contributed by atoms with Crippen LogP contribution in [-0.2, 0) is 19.1 Å². The Morgan fingerprint density at radius 2 is 1.38 bits per heavy atom. The molecule has 1 aliphatic heterocycles. The van der Waals surface area contributed by atoms with Gasteiger partial charge in [-0.3, -0.25) is 9.36 Å². The number of nitrogens with zero attached hydrogens (tertiary/aromatic N) is 3. The molecule has 4 rings (SSSR count). The molecule has 3 aromatic rings. The highest BCUT2D eigenvalue weighted by Gasteiger charge is 2.40. The Bertz CT molecular complexity index is 1630. The predicted molar refractivity (Wildman–Crippen MR) is 160 cm³/mol. The molecule has 0 saturated carbocycles. The van der Waals surface area contributed by atoms with Crippen LogP contribution in [0.1, 0.15) is 30.9 Å². The SMILES string of the molecule is CCOC(=O)C1=C(N)n2c(s/c(=C/c3ccc(N(C)C)cc3)c2=O)=C(C(=O)OCC)C1c1ccc(N(C)C)cc1. The Morgan fingerprint density at radius 3 is 1.88 bits per heavy atom. The van der Waals surface area contributed by atoms with E-state index in [0.29, 0.717) is 14.8 Å². The van der Waals surface area contributed by atoms with Crippen molar-refractivity contribution in [3.8, 4) is 0 Å². The number of nitrogens with two attached hydrogens (primary N) is 1. The van der Waals surface area contributed by atoms with E-state index in [1.54, 1.807) is 19.9 Å². The summed E-state index contributed by atoms with van der Waals surface area (Å²) in [6, 6.07) is 15.2. The molecular formula is C30H34N4O5S. The fourth-order valence-corrected chi connectivity index (χ4v) is 5.75. The first-order chi connectivity index (χ1) is 19.1. The van der Waals surface area contributed by atoms with E-state index in [1.807, 2.05) is 86.5 Å². The second kappa shape index (κ2) is 11.8. The fourth-order valence-electron chi connectivity index (χ4n) is 4.58. The average molecular weight is 563 g/mol. The highest BCUT2D eigenvalue weighted by atomic mass is 32.1. The van der Waals surface area contributed by atoms with Crippen LogP contribution in [0, 0.1) is 0 Å². The Morgan fingerprint density at radius 1 is 0.875 bits per heavy atom. The summed E-state index contributed by atoms with van der Waals surface area (Å²) in [6.07, 6.45) is 1.75. The fraction of sp³-hybridized carbons (Fsp3) is 0.300. The van der Waals surface area contributed by atoms with Crippen molar-refractivity contribution in [2.75, 3.05) is 51.2 Å². The van der Waals surface area contributed by atoms with Gasteiger partial charge in [0.1, 0.15) is 10.5 Å². The minimum absolute atomic E-state index is 0.0248. The van der Waals surface area contributed by atoms with Crippen LogP contribution in [0.2, 0.25) is 0 Å². The summed E-state index contributed by atoms with van der Waals surface area (Å²) >= 11 is 1.14.